The van der Waals surface area contributed by atoms with Crippen molar-refractivity contribution in [2.75, 3.05) is 5.75 Å². The van der Waals surface area contributed by atoms with Crippen molar-refractivity contribution in [2.24, 2.45) is 0 Å². The van der Waals surface area contributed by atoms with E-state index in [4.69, 9.17) is 0 Å². The highest BCUT2D eigenvalue weighted by atomic mass is 32.2. The molecule has 1 atom stereocenters. The molecule has 28 heavy (non-hydrogen) atoms. The van der Waals surface area contributed by atoms with E-state index >= 15 is 0 Å². The number of aromatic nitrogens is 2. The molecular weight excluding hydrogens is 370 g/mol. The molecule has 1 heterocycles. The van der Waals surface area contributed by atoms with E-state index in [-0.39, 0.29) is 23.3 Å². The third-order valence-electron chi connectivity index (χ3n) is 4.57. The number of unbranched alkanes of at least 4 members (excludes halogenated alkanes) is 1. The summed E-state index contributed by atoms with van der Waals surface area (Å²) in [6.07, 6.45) is 1.88. The summed E-state index contributed by atoms with van der Waals surface area (Å²) < 4.78 is 1.70. The number of hydrogen-bond donors (Lipinski definition) is 1. The van der Waals surface area contributed by atoms with Crippen molar-refractivity contribution in [3.63, 3.8) is 0 Å². The Hall–Kier alpha value is -2.60. The largest absolute Gasteiger partial charge is 0.349 e. The Morgan fingerprint density at radius 2 is 1.86 bits per heavy atom. The van der Waals surface area contributed by atoms with Gasteiger partial charge in [0.1, 0.15) is 0 Å². The molecule has 1 amide bonds. The number of para-hydroxylation sites is 1. The first-order chi connectivity index (χ1) is 13.6. The van der Waals surface area contributed by atoms with Crippen LogP contribution in [0, 0.1) is 0 Å². The number of rotatable bonds is 8. The SMILES string of the molecule is CCCCn1c(SCC(=O)N[C@H](C)c2ccccc2)nc2ccccc2c1=O. The minimum absolute atomic E-state index is 0.0420. The number of benzene rings is 2. The molecule has 1 aromatic heterocycles. The fourth-order valence-corrected chi connectivity index (χ4v) is 3.85. The number of fused-ring (bicyclic) bond motifs is 1. The zero-order valence-electron chi connectivity index (χ0n) is 16.2. The van der Waals surface area contributed by atoms with E-state index < -0.39 is 0 Å². The van der Waals surface area contributed by atoms with Crippen molar-refractivity contribution in [1.29, 1.82) is 0 Å². The molecule has 3 aromatic rings. The van der Waals surface area contributed by atoms with Crippen LogP contribution < -0.4 is 10.9 Å². The number of carbonyl (C=O) groups is 1. The predicted octanol–water partition coefficient (Wildman–Crippen LogP) is 4.17. The lowest BCUT2D eigenvalue weighted by atomic mass is 10.1. The van der Waals surface area contributed by atoms with E-state index in [2.05, 4.69) is 17.2 Å². The van der Waals surface area contributed by atoms with Gasteiger partial charge in [-0.2, -0.15) is 0 Å². The number of nitrogens with one attached hydrogen (secondary N) is 1. The summed E-state index contributed by atoms with van der Waals surface area (Å²) in [4.78, 5) is 29.9. The molecule has 3 rings (SSSR count). The Morgan fingerprint density at radius 1 is 1.14 bits per heavy atom. The summed E-state index contributed by atoms with van der Waals surface area (Å²) in [5.41, 5.74) is 1.69. The fourth-order valence-electron chi connectivity index (χ4n) is 3.01. The van der Waals surface area contributed by atoms with Gasteiger partial charge in [0.2, 0.25) is 5.91 Å². The predicted molar refractivity (Wildman–Crippen MR) is 115 cm³/mol. The molecular formula is C22H25N3O2S. The third-order valence-corrected chi connectivity index (χ3v) is 5.55. The Bertz CT molecular complexity index is 1000. The molecule has 5 nitrogen and oxygen atoms in total. The quantitative estimate of drug-likeness (QED) is 0.459. The molecule has 0 spiro atoms. The molecule has 0 aliphatic heterocycles. The van der Waals surface area contributed by atoms with Crippen LogP contribution in [0.3, 0.4) is 0 Å². The van der Waals surface area contributed by atoms with Gasteiger partial charge in [-0.25, -0.2) is 4.98 Å². The second-order valence-corrected chi connectivity index (χ2v) is 7.65. The topological polar surface area (TPSA) is 64.0 Å². The normalized spacial score (nSPS) is 12.1. The highest BCUT2D eigenvalue weighted by Crippen LogP contribution is 2.19. The Morgan fingerprint density at radius 3 is 2.61 bits per heavy atom. The fraction of sp³-hybridized carbons (Fsp3) is 0.318. The molecule has 0 aliphatic carbocycles. The average Bonchev–Trinajstić information content (AvgIpc) is 2.72. The summed E-state index contributed by atoms with van der Waals surface area (Å²) >= 11 is 1.31. The number of hydrogen-bond acceptors (Lipinski definition) is 4. The van der Waals surface area contributed by atoms with E-state index in [0.29, 0.717) is 22.6 Å². The van der Waals surface area contributed by atoms with Gasteiger partial charge in [0, 0.05) is 6.54 Å². The van der Waals surface area contributed by atoms with Crippen LogP contribution in [0.5, 0.6) is 0 Å². The third kappa shape index (κ3) is 4.81. The van der Waals surface area contributed by atoms with Crippen LogP contribution in [0.2, 0.25) is 0 Å². The van der Waals surface area contributed by atoms with Crippen molar-refractivity contribution in [2.45, 2.75) is 44.4 Å². The monoisotopic (exact) mass is 395 g/mol. The molecule has 0 radical (unpaired) electrons. The van der Waals surface area contributed by atoms with Crippen LogP contribution in [0.25, 0.3) is 10.9 Å². The summed E-state index contributed by atoms with van der Waals surface area (Å²) in [5, 5.41) is 4.22. The smallest absolute Gasteiger partial charge is 0.262 e. The first-order valence-corrected chi connectivity index (χ1v) is 10.6. The lowest BCUT2D eigenvalue weighted by molar-refractivity contribution is -0.119. The zero-order valence-corrected chi connectivity index (χ0v) is 17.0. The molecule has 0 unspecified atom stereocenters. The average molecular weight is 396 g/mol. The van der Waals surface area contributed by atoms with Gasteiger partial charge in [-0.05, 0) is 31.0 Å². The molecule has 0 fully saturated rings. The standard InChI is InChI=1S/C22H25N3O2S/c1-3-4-14-25-21(27)18-12-8-9-13-19(18)24-22(25)28-15-20(26)23-16(2)17-10-6-5-7-11-17/h5-13,16H,3-4,14-15H2,1-2H3,(H,23,26)/t16-/m1/s1. The summed E-state index contributed by atoms with van der Waals surface area (Å²) in [7, 11) is 0. The summed E-state index contributed by atoms with van der Waals surface area (Å²) in [6.45, 7) is 4.66. The molecule has 0 saturated heterocycles. The highest BCUT2D eigenvalue weighted by molar-refractivity contribution is 7.99. The maximum absolute atomic E-state index is 12.9. The van der Waals surface area contributed by atoms with Crippen molar-refractivity contribution in [3.05, 3.63) is 70.5 Å². The van der Waals surface area contributed by atoms with Crippen LogP contribution in [-0.2, 0) is 11.3 Å². The maximum Gasteiger partial charge on any atom is 0.262 e. The van der Waals surface area contributed by atoms with Gasteiger partial charge in [-0.15, -0.1) is 0 Å². The van der Waals surface area contributed by atoms with Gasteiger partial charge in [0.25, 0.3) is 5.56 Å². The molecule has 0 saturated carbocycles. The zero-order chi connectivity index (χ0) is 19.9. The molecule has 146 valence electrons. The van der Waals surface area contributed by atoms with Crippen molar-refractivity contribution < 1.29 is 4.79 Å². The molecule has 0 bridgehead atoms. The van der Waals surface area contributed by atoms with Gasteiger partial charge >= 0.3 is 0 Å². The van der Waals surface area contributed by atoms with Crippen LogP contribution in [0.1, 0.15) is 38.3 Å². The van der Waals surface area contributed by atoms with E-state index in [1.165, 1.54) is 11.8 Å². The van der Waals surface area contributed by atoms with Gasteiger partial charge in [0.05, 0.1) is 22.7 Å². The molecule has 2 aromatic carbocycles. The van der Waals surface area contributed by atoms with Crippen molar-refractivity contribution in [1.82, 2.24) is 14.9 Å². The van der Waals surface area contributed by atoms with Crippen LogP contribution >= 0.6 is 11.8 Å². The van der Waals surface area contributed by atoms with E-state index in [9.17, 15) is 9.59 Å². The van der Waals surface area contributed by atoms with Gasteiger partial charge < -0.3 is 5.32 Å². The van der Waals surface area contributed by atoms with E-state index in [1.54, 1.807) is 10.6 Å². The Labute approximate surface area is 169 Å². The van der Waals surface area contributed by atoms with Crippen molar-refractivity contribution >= 4 is 28.6 Å². The van der Waals surface area contributed by atoms with E-state index in [1.807, 2.05) is 55.5 Å². The van der Waals surface area contributed by atoms with Gasteiger partial charge in [-0.3, -0.25) is 14.2 Å². The first-order valence-electron chi connectivity index (χ1n) is 9.57. The number of nitrogens with zero attached hydrogens (tertiary/aromatic N) is 2. The summed E-state index contributed by atoms with van der Waals surface area (Å²) in [5.74, 6) is 0.138. The Balaban J connectivity index is 1.75. The molecule has 1 N–H and O–H groups in total. The van der Waals surface area contributed by atoms with Gasteiger partial charge in [0.15, 0.2) is 5.16 Å². The van der Waals surface area contributed by atoms with Crippen LogP contribution in [0.15, 0.2) is 64.5 Å². The number of amides is 1. The van der Waals surface area contributed by atoms with Gasteiger partial charge in [-0.1, -0.05) is 67.6 Å². The number of thioether (sulfide) groups is 1. The lowest BCUT2D eigenvalue weighted by Gasteiger charge is -2.15. The summed E-state index contributed by atoms with van der Waals surface area (Å²) in [6, 6.07) is 17.1. The first kappa shape index (κ1) is 20.1. The highest BCUT2D eigenvalue weighted by Gasteiger charge is 2.14. The second kappa shape index (κ2) is 9.55. The van der Waals surface area contributed by atoms with E-state index in [0.717, 1.165) is 18.4 Å². The Kier molecular flexibility index (Phi) is 6.87. The number of carbonyl (C=O) groups excluding carboxylic acids is 1. The lowest BCUT2D eigenvalue weighted by Crippen LogP contribution is -2.29. The van der Waals surface area contributed by atoms with Crippen molar-refractivity contribution in [3.8, 4) is 0 Å². The second-order valence-electron chi connectivity index (χ2n) is 6.71. The minimum Gasteiger partial charge on any atom is -0.349 e. The molecule has 6 heteroatoms. The molecule has 0 aliphatic rings. The van der Waals surface area contributed by atoms with Crippen LogP contribution in [0.4, 0.5) is 0 Å². The minimum atomic E-state index is -0.0780. The maximum atomic E-state index is 12.9. The van der Waals surface area contributed by atoms with Crippen LogP contribution in [-0.4, -0.2) is 21.2 Å².